The lowest BCUT2D eigenvalue weighted by Crippen LogP contribution is -2.30. The quantitative estimate of drug-likeness (QED) is 0.794. The van der Waals surface area contributed by atoms with Crippen molar-refractivity contribution in [3.05, 3.63) is 24.0 Å². The summed E-state index contributed by atoms with van der Waals surface area (Å²) in [5, 5.41) is 0. The number of aromatic nitrogens is 2. The molecule has 1 aromatic heterocycles. The molecule has 0 spiro atoms. The number of benzene rings is 1. The summed E-state index contributed by atoms with van der Waals surface area (Å²) in [4.78, 5) is 16.1. The Morgan fingerprint density at radius 1 is 1.50 bits per heavy atom. The van der Waals surface area contributed by atoms with Crippen molar-refractivity contribution in [2.24, 2.45) is 0 Å². The molecule has 2 heterocycles. The molecular weight excluding hydrogens is 260 g/mol. The lowest BCUT2D eigenvalue weighted by Gasteiger charge is -2.26. The van der Waals surface area contributed by atoms with Gasteiger partial charge in [0.2, 0.25) is 0 Å². The minimum Gasteiger partial charge on any atom is -0.494 e. The predicted octanol–water partition coefficient (Wildman–Crippen LogP) is 1.62. The van der Waals surface area contributed by atoms with Crippen LogP contribution in [-0.2, 0) is 16.0 Å². The van der Waals surface area contributed by atoms with Crippen molar-refractivity contribution in [3.63, 3.8) is 0 Å². The third-order valence-electron chi connectivity index (χ3n) is 3.53. The highest BCUT2D eigenvalue weighted by Gasteiger charge is 2.21. The Kier molecular flexibility index (Phi) is 3.31. The van der Waals surface area contributed by atoms with Crippen LogP contribution in [0.4, 0.5) is 0 Å². The third-order valence-corrected chi connectivity index (χ3v) is 3.53. The average molecular weight is 276 g/mol. The largest absolute Gasteiger partial charge is 0.494 e. The molecule has 0 radical (unpaired) electrons. The van der Waals surface area contributed by atoms with Crippen molar-refractivity contribution in [2.75, 3.05) is 20.8 Å². The second-order valence-corrected chi connectivity index (χ2v) is 4.72. The summed E-state index contributed by atoms with van der Waals surface area (Å²) in [5.74, 6) is 0.175. The molecule has 106 valence electrons. The fourth-order valence-electron chi connectivity index (χ4n) is 2.32. The van der Waals surface area contributed by atoms with E-state index in [4.69, 9.17) is 14.2 Å². The van der Waals surface area contributed by atoms with Gasteiger partial charge in [-0.3, -0.25) is 0 Å². The smallest absolute Gasteiger partial charge is 0.338 e. The first-order chi connectivity index (χ1) is 9.72. The summed E-state index contributed by atoms with van der Waals surface area (Å²) in [7, 11) is 2.92. The normalized spacial score (nSPS) is 17.8. The van der Waals surface area contributed by atoms with Crippen LogP contribution in [0.3, 0.4) is 0 Å². The molecule has 0 aliphatic carbocycles. The zero-order chi connectivity index (χ0) is 14.1. The molecule has 1 aromatic carbocycles. The number of hydrogen-bond donors (Lipinski definition) is 0. The Hall–Kier alpha value is -2.08. The Bertz CT molecular complexity index is 646. The van der Waals surface area contributed by atoms with Crippen LogP contribution < -0.4 is 4.74 Å². The summed E-state index contributed by atoms with van der Waals surface area (Å²) >= 11 is 0. The summed E-state index contributed by atoms with van der Waals surface area (Å²) in [5.41, 5.74) is 2.04. The molecule has 0 bridgehead atoms. The van der Waals surface area contributed by atoms with E-state index in [1.165, 1.54) is 7.11 Å². The van der Waals surface area contributed by atoms with Crippen molar-refractivity contribution in [3.8, 4) is 5.75 Å². The monoisotopic (exact) mass is 276 g/mol. The van der Waals surface area contributed by atoms with Crippen molar-refractivity contribution >= 4 is 17.0 Å². The van der Waals surface area contributed by atoms with Crippen LogP contribution in [-0.4, -0.2) is 42.5 Å². The second-order valence-electron chi connectivity index (χ2n) is 4.72. The van der Waals surface area contributed by atoms with Gasteiger partial charge in [0.1, 0.15) is 11.3 Å². The zero-order valence-corrected chi connectivity index (χ0v) is 11.5. The summed E-state index contributed by atoms with van der Waals surface area (Å²) in [6, 6.07) is 3.42. The molecular formula is C14H16N2O4. The molecule has 0 amide bonds. The molecule has 0 N–H and O–H groups in total. The van der Waals surface area contributed by atoms with Gasteiger partial charge in [0.15, 0.2) is 0 Å². The Labute approximate surface area is 116 Å². The highest BCUT2D eigenvalue weighted by molar-refractivity contribution is 5.96. The van der Waals surface area contributed by atoms with Crippen LogP contribution in [0.15, 0.2) is 18.5 Å². The topological polar surface area (TPSA) is 62.6 Å². The molecule has 0 unspecified atom stereocenters. The zero-order valence-electron chi connectivity index (χ0n) is 11.5. The lowest BCUT2D eigenvalue weighted by molar-refractivity contribution is -0.0586. The van der Waals surface area contributed by atoms with Crippen LogP contribution >= 0.6 is 0 Å². The highest BCUT2D eigenvalue weighted by Crippen LogP contribution is 2.28. The highest BCUT2D eigenvalue weighted by atomic mass is 16.5. The number of imidazole rings is 1. The number of esters is 1. The summed E-state index contributed by atoms with van der Waals surface area (Å²) < 4.78 is 17.5. The van der Waals surface area contributed by atoms with Crippen LogP contribution in [0.2, 0.25) is 0 Å². The van der Waals surface area contributed by atoms with E-state index in [1.54, 1.807) is 25.6 Å². The van der Waals surface area contributed by atoms with Crippen molar-refractivity contribution in [2.45, 2.75) is 19.1 Å². The van der Waals surface area contributed by atoms with Gasteiger partial charge in [0.05, 0.1) is 44.3 Å². The SMILES string of the molecule is COC(=O)c1cc(OC)c2ncn(C[C@@H]3CCO3)c2c1. The van der Waals surface area contributed by atoms with E-state index >= 15 is 0 Å². The fourth-order valence-corrected chi connectivity index (χ4v) is 2.32. The second kappa shape index (κ2) is 5.13. The molecule has 6 heteroatoms. The maximum atomic E-state index is 11.7. The van der Waals surface area contributed by atoms with Gasteiger partial charge < -0.3 is 18.8 Å². The van der Waals surface area contributed by atoms with Gasteiger partial charge in [0.25, 0.3) is 0 Å². The Morgan fingerprint density at radius 2 is 2.30 bits per heavy atom. The van der Waals surface area contributed by atoms with Gasteiger partial charge in [-0.05, 0) is 18.6 Å². The third kappa shape index (κ3) is 2.12. The van der Waals surface area contributed by atoms with E-state index in [9.17, 15) is 4.79 Å². The van der Waals surface area contributed by atoms with Crippen LogP contribution in [0.1, 0.15) is 16.8 Å². The number of carbonyl (C=O) groups excluding carboxylic acids is 1. The standard InChI is InChI=1S/C14H16N2O4/c1-18-12-6-9(14(17)19-2)5-11-13(12)15-8-16(11)7-10-3-4-20-10/h5-6,8,10H,3-4,7H2,1-2H3/t10-/m0/s1. The number of methoxy groups -OCH3 is 2. The van der Waals surface area contributed by atoms with Gasteiger partial charge in [-0.1, -0.05) is 0 Å². The molecule has 1 atom stereocenters. The van der Waals surface area contributed by atoms with Gasteiger partial charge in [-0.2, -0.15) is 0 Å². The first-order valence-electron chi connectivity index (χ1n) is 6.45. The van der Waals surface area contributed by atoms with Crippen molar-refractivity contribution in [1.82, 2.24) is 9.55 Å². The number of hydrogen-bond acceptors (Lipinski definition) is 5. The molecule has 0 saturated carbocycles. The first-order valence-corrected chi connectivity index (χ1v) is 6.45. The van der Waals surface area contributed by atoms with Gasteiger partial charge >= 0.3 is 5.97 Å². The number of rotatable bonds is 4. The lowest BCUT2D eigenvalue weighted by atomic mass is 10.1. The molecule has 1 saturated heterocycles. The number of nitrogens with zero attached hydrogens (tertiary/aromatic N) is 2. The van der Waals surface area contributed by atoms with Gasteiger partial charge in [-0.25, -0.2) is 9.78 Å². The van der Waals surface area contributed by atoms with E-state index in [0.717, 1.165) is 30.6 Å². The summed E-state index contributed by atoms with van der Waals surface area (Å²) in [6.07, 6.45) is 3.02. The molecule has 1 fully saturated rings. The van der Waals surface area contributed by atoms with E-state index in [0.29, 0.717) is 11.3 Å². The van der Waals surface area contributed by atoms with Crippen molar-refractivity contribution < 1.29 is 19.0 Å². The predicted molar refractivity (Wildman–Crippen MR) is 72.0 cm³/mol. The van der Waals surface area contributed by atoms with Crippen LogP contribution in [0, 0.1) is 0 Å². The molecule has 1 aliphatic rings. The van der Waals surface area contributed by atoms with Gasteiger partial charge in [-0.15, -0.1) is 0 Å². The van der Waals surface area contributed by atoms with E-state index in [1.807, 2.05) is 4.57 Å². The number of carbonyl (C=O) groups is 1. The van der Waals surface area contributed by atoms with E-state index in [-0.39, 0.29) is 6.10 Å². The van der Waals surface area contributed by atoms with E-state index < -0.39 is 5.97 Å². The molecule has 6 nitrogen and oxygen atoms in total. The molecule has 20 heavy (non-hydrogen) atoms. The Morgan fingerprint density at radius 3 is 2.90 bits per heavy atom. The molecule has 1 aliphatic heterocycles. The number of fused-ring (bicyclic) bond motifs is 1. The first kappa shape index (κ1) is 12.9. The maximum absolute atomic E-state index is 11.7. The minimum atomic E-state index is -0.391. The Balaban J connectivity index is 2.06. The maximum Gasteiger partial charge on any atom is 0.338 e. The molecule has 3 rings (SSSR count). The van der Waals surface area contributed by atoms with Crippen molar-refractivity contribution in [1.29, 1.82) is 0 Å². The van der Waals surface area contributed by atoms with Crippen LogP contribution in [0.5, 0.6) is 5.75 Å². The van der Waals surface area contributed by atoms with Crippen LogP contribution in [0.25, 0.3) is 11.0 Å². The number of ether oxygens (including phenoxy) is 3. The molecule has 2 aromatic rings. The van der Waals surface area contributed by atoms with E-state index in [2.05, 4.69) is 4.98 Å². The average Bonchev–Trinajstić information content (AvgIpc) is 2.84. The van der Waals surface area contributed by atoms with Gasteiger partial charge in [0, 0.05) is 6.61 Å². The summed E-state index contributed by atoms with van der Waals surface area (Å²) in [6.45, 7) is 1.54. The minimum absolute atomic E-state index is 0.222. The fraction of sp³-hybridized carbons (Fsp3) is 0.429.